The van der Waals surface area contributed by atoms with E-state index in [2.05, 4.69) is 28.5 Å². The first kappa shape index (κ1) is 23.5. The van der Waals surface area contributed by atoms with E-state index in [0.717, 1.165) is 55.0 Å². The number of guanidine groups is 1. The SMILES string of the molecule is CCNC(=NCc1ccccc1OC)NCC(c1ccc(C)o1)N1CCCC1.I. The molecule has 3 rings (SSSR count). The first-order chi connectivity index (χ1) is 13.7. The third kappa shape index (κ3) is 6.64. The summed E-state index contributed by atoms with van der Waals surface area (Å²) in [6.07, 6.45) is 2.50. The topological polar surface area (TPSA) is 62.0 Å². The number of rotatable bonds is 8. The normalized spacial score (nSPS) is 15.6. The number of furan rings is 1. The van der Waals surface area contributed by atoms with Crippen molar-refractivity contribution in [2.24, 2.45) is 4.99 Å². The van der Waals surface area contributed by atoms with E-state index in [4.69, 9.17) is 14.1 Å². The monoisotopic (exact) mass is 512 g/mol. The highest BCUT2D eigenvalue weighted by atomic mass is 127. The Morgan fingerprint density at radius 1 is 1.17 bits per heavy atom. The van der Waals surface area contributed by atoms with Crippen molar-refractivity contribution in [3.63, 3.8) is 0 Å². The highest BCUT2D eigenvalue weighted by Gasteiger charge is 2.26. The van der Waals surface area contributed by atoms with Crippen molar-refractivity contribution in [3.05, 3.63) is 53.5 Å². The Labute approximate surface area is 191 Å². The largest absolute Gasteiger partial charge is 0.496 e. The maximum absolute atomic E-state index is 5.95. The zero-order chi connectivity index (χ0) is 19.8. The van der Waals surface area contributed by atoms with Crippen LogP contribution in [0.4, 0.5) is 0 Å². The number of para-hydroxylation sites is 1. The molecule has 1 aromatic carbocycles. The van der Waals surface area contributed by atoms with E-state index in [1.54, 1.807) is 7.11 Å². The van der Waals surface area contributed by atoms with E-state index in [-0.39, 0.29) is 30.0 Å². The summed E-state index contributed by atoms with van der Waals surface area (Å²) >= 11 is 0. The zero-order valence-electron chi connectivity index (χ0n) is 17.6. The zero-order valence-corrected chi connectivity index (χ0v) is 19.9. The number of benzene rings is 1. The maximum Gasteiger partial charge on any atom is 0.191 e. The van der Waals surface area contributed by atoms with Crippen LogP contribution in [0.1, 0.15) is 42.9 Å². The number of aliphatic imine (C=N–C) groups is 1. The molecule has 0 radical (unpaired) electrons. The summed E-state index contributed by atoms with van der Waals surface area (Å²) < 4.78 is 11.4. The van der Waals surface area contributed by atoms with E-state index in [0.29, 0.717) is 6.54 Å². The predicted molar refractivity (Wildman–Crippen MR) is 128 cm³/mol. The van der Waals surface area contributed by atoms with Crippen LogP contribution in [0.25, 0.3) is 0 Å². The number of likely N-dealkylation sites (tertiary alicyclic amines) is 1. The summed E-state index contributed by atoms with van der Waals surface area (Å²) in [5.41, 5.74) is 1.07. The van der Waals surface area contributed by atoms with E-state index in [1.807, 2.05) is 37.3 Å². The van der Waals surface area contributed by atoms with Crippen LogP contribution >= 0.6 is 24.0 Å². The minimum atomic E-state index is 0. The Bertz CT molecular complexity index is 772. The van der Waals surface area contributed by atoms with Gasteiger partial charge in [0, 0.05) is 18.7 Å². The summed E-state index contributed by atoms with van der Waals surface area (Å²) in [5.74, 6) is 3.65. The summed E-state index contributed by atoms with van der Waals surface area (Å²) in [4.78, 5) is 7.25. The Morgan fingerprint density at radius 3 is 2.59 bits per heavy atom. The summed E-state index contributed by atoms with van der Waals surface area (Å²) in [7, 11) is 1.69. The molecule has 7 heteroatoms. The Morgan fingerprint density at radius 2 is 1.93 bits per heavy atom. The van der Waals surface area contributed by atoms with Crippen LogP contribution in [0, 0.1) is 6.92 Å². The van der Waals surface area contributed by atoms with Crippen molar-refractivity contribution in [3.8, 4) is 5.75 Å². The van der Waals surface area contributed by atoms with E-state index in [9.17, 15) is 0 Å². The quantitative estimate of drug-likeness (QED) is 0.317. The molecule has 0 spiro atoms. The molecule has 1 aromatic heterocycles. The second kappa shape index (κ2) is 12.1. The van der Waals surface area contributed by atoms with Crippen LogP contribution in [-0.4, -0.2) is 44.1 Å². The van der Waals surface area contributed by atoms with Gasteiger partial charge in [0.2, 0.25) is 0 Å². The number of nitrogens with one attached hydrogen (secondary N) is 2. The molecule has 2 N–H and O–H groups in total. The second-order valence-electron chi connectivity index (χ2n) is 7.10. The van der Waals surface area contributed by atoms with Gasteiger partial charge in [0.1, 0.15) is 17.3 Å². The van der Waals surface area contributed by atoms with Gasteiger partial charge in [-0.2, -0.15) is 0 Å². The molecule has 1 unspecified atom stereocenters. The third-order valence-corrected chi connectivity index (χ3v) is 5.08. The van der Waals surface area contributed by atoms with Crippen molar-refractivity contribution in [1.82, 2.24) is 15.5 Å². The second-order valence-corrected chi connectivity index (χ2v) is 7.10. The number of hydrogen-bond donors (Lipinski definition) is 2. The molecule has 0 aliphatic carbocycles. The molecule has 0 amide bonds. The van der Waals surface area contributed by atoms with Gasteiger partial charge in [-0.25, -0.2) is 4.99 Å². The number of aryl methyl sites for hydroxylation is 1. The average molecular weight is 512 g/mol. The molecule has 2 heterocycles. The third-order valence-electron chi connectivity index (χ3n) is 5.08. The van der Waals surface area contributed by atoms with Crippen LogP contribution < -0.4 is 15.4 Å². The fraction of sp³-hybridized carbons (Fsp3) is 0.500. The lowest BCUT2D eigenvalue weighted by atomic mass is 10.2. The van der Waals surface area contributed by atoms with Gasteiger partial charge < -0.3 is 19.8 Å². The van der Waals surface area contributed by atoms with Gasteiger partial charge in [-0.1, -0.05) is 18.2 Å². The van der Waals surface area contributed by atoms with Crippen molar-refractivity contribution in [2.45, 2.75) is 39.3 Å². The first-order valence-corrected chi connectivity index (χ1v) is 10.2. The van der Waals surface area contributed by atoms with E-state index in [1.165, 1.54) is 12.8 Å². The molecule has 1 aliphatic rings. The average Bonchev–Trinajstić information content (AvgIpc) is 3.39. The highest BCUT2D eigenvalue weighted by molar-refractivity contribution is 14.0. The standard InChI is InChI=1S/C22H32N4O2.HI/c1-4-23-22(24-15-18-9-5-6-10-20(18)27-3)25-16-19(26-13-7-8-14-26)21-12-11-17(2)28-21;/h5-6,9-12,19H,4,7-8,13-16H2,1-3H3,(H2,23,24,25);1H. The molecule has 1 atom stereocenters. The van der Waals surface area contributed by atoms with Crippen LogP contribution in [0.2, 0.25) is 0 Å². The van der Waals surface area contributed by atoms with Gasteiger partial charge in [0.15, 0.2) is 5.96 Å². The number of halogens is 1. The molecular weight excluding hydrogens is 479 g/mol. The fourth-order valence-corrected chi connectivity index (χ4v) is 3.63. The van der Waals surface area contributed by atoms with Crippen LogP contribution in [0.15, 0.2) is 45.8 Å². The van der Waals surface area contributed by atoms with Gasteiger partial charge >= 0.3 is 0 Å². The van der Waals surface area contributed by atoms with E-state index < -0.39 is 0 Å². The number of methoxy groups -OCH3 is 1. The molecule has 0 saturated carbocycles. The predicted octanol–water partition coefficient (Wildman–Crippen LogP) is 4.11. The molecule has 160 valence electrons. The van der Waals surface area contributed by atoms with Gasteiger partial charge in [0.05, 0.1) is 19.7 Å². The molecule has 1 fully saturated rings. The smallest absolute Gasteiger partial charge is 0.191 e. The van der Waals surface area contributed by atoms with Crippen molar-refractivity contribution in [2.75, 3.05) is 33.3 Å². The lowest BCUT2D eigenvalue weighted by molar-refractivity contribution is 0.213. The number of hydrogen-bond acceptors (Lipinski definition) is 4. The summed E-state index contributed by atoms with van der Waals surface area (Å²) in [6.45, 7) is 8.43. The van der Waals surface area contributed by atoms with Gasteiger partial charge in [-0.05, 0) is 58.0 Å². The molecule has 29 heavy (non-hydrogen) atoms. The Balaban J connectivity index is 0.00000300. The summed E-state index contributed by atoms with van der Waals surface area (Å²) in [6, 6.07) is 12.3. The Kier molecular flexibility index (Phi) is 9.80. The lowest BCUT2D eigenvalue weighted by Gasteiger charge is -2.26. The number of ether oxygens (including phenoxy) is 1. The molecule has 6 nitrogen and oxygen atoms in total. The molecule has 0 bridgehead atoms. The molecular formula is C22H33IN4O2. The fourth-order valence-electron chi connectivity index (χ4n) is 3.63. The first-order valence-electron chi connectivity index (χ1n) is 10.2. The molecule has 1 saturated heterocycles. The lowest BCUT2D eigenvalue weighted by Crippen LogP contribution is -2.42. The van der Waals surface area contributed by atoms with Crippen LogP contribution in [0.5, 0.6) is 5.75 Å². The van der Waals surface area contributed by atoms with Crippen LogP contribution in [-0.2, 0) is 6.54 Å². The van der Waals surface area contributed by atoms with Crippen molar-refractivity contribution in [1.29, 1.82) is 0 Å². The van der Waals surface area contributed by atoms with Crippen molar-refractivity contribution < 1.29 is 9.15 Å². The van der Waals surface area contributed by atoms with Crippen LogP contribution in [0.3, 0.4) is 0 Å². The highest BCUT2D eigenvalue weighted by Crippen LogP contribution is 2.26. The molecule has 1 aliphatic heterocycles. The maximum atomic E-state index is 5.95. The van der Waals surface area contributed by atoms with Gasteiger partial charge in [-0.15, -0.1) is 24.0 Å². The van der Waals surface area contributed by atoms with E-state index >= 15 is 0 Å². The summed E-state index contributed by atoms with van der Waals surface area (Å²) in [5, 5.41) is 6.85. The Hall–Kier alpha value is -1.74. The minimum Gasteiger partial charge on any atom is -0.496 e. The van der Waals surface area contributed by atoms with Gasteiger partial charge in [-0.3, -0.25) is 4.90 Å². The number of nitrogens with zero attached hydrogens (tertiary/aromatic N) is 2. The molecule has 2 aromatic rings. The van der Waals surface area contributed by atoms with Gasteiger partial charge in [0.25, 0.3) is 0 Å². The minimum absolute atomic E-state index is 0. The van der Waals surface area contributed by atoms with Crippen molar-refractivity contribution >= 4 is 29.9 Å².